The van der Waals surface area contributed by atoms with E-state index in [1.807, 2.05) is 30.3 Å². The van der Waals surface area contributed by atoms with E-state index in [-0.39, 0.29) is 24.2 Å². The first-order chi connectivity index (χ1) is 11.4. The van der Waals surface area contributed by atoms with Gasteiger partial charge in [-0.25, -0.2) is 4.98 Å². The fraction of sp³-hybridized carbons (Fsp3) is 0.389. The quantitative estimate of drug-likeness (QED) is 0.761. The van der Waals surface area contributed by atoms with Crippen LogP contribution in [0.25, 0.3) is 11.5 Å². The summed E-state index contributed by atoms with van der Waals surface area (Å²) in [4.78, 5) is 29.7. The number of esters is 1. The second kappa shape index (κ2) is 7.77. The van der Waals surface area contributed by atoms with E-state index < -0.39 is 0 Å². The molecule has 1 aromatic heterocycles. The van der Waals surface area contributed by atoms with Crippen LogP contribution < -0.4 is 0 Å². The lowest BCUT2D eigenvalue weighted by molar-refractivity contribution is -0.146. The highest BCUT2D eigenvalue weighted by atomic mass is 16.5. The molecule has 2 aromatic rings. The maximum absolute atomic E-state index is 12.3. The molecule has 6 nitrogen and oxygen atoms in total. The number of aromatic nitrogens is 1. The normalized spacial score (nSPS) is 11.8. The third-order valence-electron chi connectivity index (χ3n) is 3.81. The van der Waals surface area contributed by atoms with Gasteiger partial charge in [-0.05, 0) is 19.1 Å². The zero-order valence-corrected chi connectivity index (χ0v) is 14.4. The molecule has 1 aromatic carbocycles. The molecule has 0 radical (unpaired) electrons. The first-order valence-corrected chi connectivity index (χ1v) is 7.76. The second-order valence-corrected chi connectivity index (χ2v) is 5.76. The summed E-state index contributed by atoms with van der Waals surface area (Å²) < 4.78 is 10.3. The molecule has 0 bridgehead atoms. The van der Waals surface area contributed by atoms with Crippen molar-refractivity contribution in [2.75, 3.05) is 20.7 Å². The molecule has 1 heterocycles. The van der Waals surface area contributed by atoms with Gasteiger partial charge in [0.25, 0.3) is 0 Å². The Balaban J connectivity index is 2.04. The van der Waals surface area contributed by atoms with Crippen LogP contribution in [0.4, 0.5) is 0 Å². The Morgan fingerprint density at radius 3 is 2.58 bits per heavy atom. The van der Waals surface area contributed by atoms with Gasteiger partial charge in [0.2, 0.25) is 11.8 Å². The van der Waals surface area contributed by atoms with Gasteiger partial charge in [-0.15, -0.1) is 0 Å². The van der Waals surface area contributed by atoms with Crippen molar-refractivity contribution in [1.29, 1.82) is 0 Å². The highest BCUT2D eigenvalue weighted by Crippen LogP contribution is 2.22. The van der Waals surface area contributed by atoms with Crippen molar-refractivity contribution in [2.24, 2.45) is 5.92 Å². The van der Waals surface area contributed by atoms with Crippen molar-refractivity contribution in [3.8, 4) is 11.5 Å². The molecule has 1 amide bonds. The van der Waals surface area contributed by atoms with Gasteiger partial charge in [0, 0.05) is 19.2 Å². The van der Waals surface area contributed by atoms with Crippen LogP contribution in [0.3, 0.4) is 0 Å². The molecule has 0 aliphatic heterocycles. The number of hydrogen-bond acceptors (Lipinski definition) is 5. The highest BCUT2D eigenvalue weighted by Gasteiger charge is 2.21. The lowest BCUT2D eigenvalue weighted by Crippen LogP contribution is -2.35. The van der Waals surface area contributed by atoms with Crippen molar-refractivity contribution in [3.05, 3.63) is 41.8 Å². The first-order valence-electron chi connectivity index (χ1n) is 7.76. The minimum absolute atomic E-state index is 0.123. The van der Waals surface area contributed by atoms with E-state index in [1.165, 1.54) is 12.0 Å². The monoisotopic (exact) mass is 330 g/mol. The predicted molar refractivity (Wildman–Crippen MR) is 89.2 cm³/mol. The van der Waals surface area contributed by atoms with Crippen LogP contribution in [0.2, 0.25) is 0 Å². The number of oxazole rings is 1. The number of benzene rings is 1. The largest absolute Gasteiger partial charge is 0.469 e. The lowest BCUT2D eigenvalue weighted by Gasteiger charge is -2.19. The van der Waals surface area contributed by atoms with E-state index in [9.17, 15) is 9.59 Å². The summed E-state index contributed by atoms with van der Waals surface area (Å²) in [5, 5.41) is 0. The van der Waals surface area contributed by atoms with Gasteiger partial charge < -0.3 is 14.1 Å². The minimum atomic E-state index is -0.373. The predicted octanol–water partition coefficient (Wildman–Crippen LogP) is 2.46. The summed E-state index contributed by atoms with van der Waals surface area (Å²) >= 11 is 0. The fourth-order valence-corrected chi connectivity index (χ4v) is 2.36. The summed E-state index contributed by atoms with van der Waals surface area (Å²) in [6.07, 6.45) is 0.132. The number of aryl methyl sites for hydroxylation is 1. The SMILES string of the molecule is COC(=O)[C@H](C)CN(C)C(=O)Cc1nc(-c2ccccc2)oc1C. The summed E-state index contributed by atoms with van der Waals surface area (Å²) in [5.74, 6) is 0.292. The third kappa shape index (κ3) is 4.22. The molecule has 6 heteroatoms. The number of methoxy groups -OCH3 is 1. The smallest absolute Gasteiger partial charge is 0.310 e. The van der Waals surface area contributed by atoms with Gasteiger partial charge in [-0.2, -0.15) is 0 Å². The summed E-state index contributed by atoms with van der Waals surface area (Å²) in [7, 11) is 3.00. The van der Waals surface area contributed by atoms with Crippen molar-refractivity contribution in [3.63, 3.8) is 0 Å². The van der Waals surface area contributed by atoms with E-state index in [2.05, 4.69) is 9.72 Å². The topological polar surface area (TPSA) is 72.6 Å². The summed E-state index contributed by atoms with van der Waals surface area (Å²) in [6.45, 7) is 3.82. The van der Waals surface area contributed by atoms with E-state index in [4.69, 9.17) is 4.42 Å². The van der Waals surface area contributed by atoms with Crippen LogP contribution in [0.1, 0.15) is 18.4 Å². The molecule has 128 valence electrons. The Morgan fingerprint density at radius 1 is 1.29 bits per heavy atom. The minimum Gasteiger partial charge on any atom is -0.469 e. The standard InChI is InChI=1S/C18H22N2O4/c1-12(18(22)23-4)11-20(3)16(21)10-15-13(2)24-17(19-15)14-8-6-5-7-9-14/h5-9,12H,10-11H2,1-4H3/t12-/m1/s1. The molecule has 0 saturated heterocycles. The zero-order valence-electron chi connectivity index (χ0n) is 14.4. The van der Waals surface area contributed by atoms with Crippen LogP contribution in [-0.2, 0) is 20.7 Å². The van der Waals surface area contributed by atoms with Gasteiger partial charge >= 0.3 is 5.97 Å². The third-order valence-corrected chi connectivity index (χ3v) is 3.81. The first kappa shape index (κ1) is 17.7. The van der Waals surface area contributed by atoms with E-state index in [1.54, 1.807) is 20.9 Å². The van der Waals surface area contributed by atoms with Crippen molar-refractivity contribution in [2.45, 2.75) is 20.3 Å². The molecule has 0 spiro atoms. The van der Waals surface area contributed by atoms with Crippen molar-refractivity contribution >= 4 is 11.9 Å². The van der Waals surface area contributed by atoms with Crippen LogP contribution >= 0.6 is 0 Å². The zero-order chi connectivity index (χ0) is 17.7. The molecule has 0 aliphatic carbocycles. The number of ether oxygens (including phenoxy) is 1. The molecule has 0 N–H and O–H groups in total. The molecule has 24 heavy (non-hydrogen) atoms. The number of carbonyl (C=O) groups is 2. The van der Waals surface area contributed by atoms with E-state index in [0.29, 0.717) is 23.9 Å². The van der Waals surface area contributed by atoms with Gasteiger partial charge in [0.15, 0.2) is 0 Å². The number of likely N-dealkylation sites (N-methyl/N-ethyl adjacent to an activating group) is 1. The van der Waals surface area contributed by atoms with Crippen LogP contribution in [-0.4, -0.2) is 42.5 Å². The highest BCUT2D eigenvalue weighted by molar-refractivity contribution is 5.79. The maximum Gasteiger partial charge on any atom is 0.310 e. The van der Waals surface area contributed by atoms with Crippen LogP contribution in [0.15, 0.2) is 34.7 Å². The van der Waals surface area contributed by atoms with Gasteiger partial charge in [0.1, 0.15) is 5.76 Å². The summed E-state index contributed by atoms with van der Waals surface area (Å²) in [5.41, 5.74) is 1.48. The Hall–Kier alpha value is -2.63. The number of carbonyl (C=O) groups excluding carboxylic acids is 2. The Morgan fingerprint density at radius 2 is 1.96 bits per heavy atom. The molecule has 0 saturated carbocycles. The van der Waals surface area contributed by atoms with Gasteiger partial charge in [-0.3, -0.25) is 9.59 Å². The Kier molecular flexibility index (Phi) is 5.73. The van der Waals surface area contributed by atoms with Crippen molar-refractivity contribution < 1.29 is 18.7 Å². The van der Waals surface area contributed by atoms with Gasteiger partial charge in [0.05, 0.1) is 25.1 Å². The molecule has 0 aliphatic rings. The number of hydrogen-bond donors (Lipinski definition) is 0. The maximum atomic E-state index is 12.3. The summed E-state index contributed by atoms with van der Waals surface area (Å²) in [6, 6.07) is 9.53. The van der Waals surface area contributed by atoms with Crippen LogP contribution in [0, 0.1) is 12.8 Å². The number of rotatable bonds is 6. The molecule has 1 atom stereocenters. The molecular formula is C18H22N2O4. The molecule has 2 rings (SSSR count). The number of nitrogens with zero attached hydrogens (tertiary/aromatic N) is 2. The fourth-order valence-electron chi connectivity index (χ4n) is 2.36. The van der Waals surface area contributed by atoms with Gasteiger partial charge in [-0.1, -0.05) is 25.1 Å². The van der Waals surface area contributed by atoms with Crippen molar-refractivity contribution in [1.82, 2.24) is 9.88 Å². The Bertz CT molecular complexity index is 709. The number of amides is 1. The van der Waals surface area contributed by atoms with Crippen LogP contribution in [0.5, 0.6) is 0 Å². The van der Waals surface area contributed by atoms with E-state index >= 15 is 0 Å². The Labute approximate surface area is 141 Å². The average molecular weight is 330 g/mol. The lowest BCUT2D eigenvalue weighted by atomic mass is 10.1. The van der Waals surface area contributed by atoms with E-state index in [0.717, 1.165) is 5.56 Å². The average Bonchev–Trinajstić information content (AvgIpc) is 2.95. The second-order valence-electron chi connectivity index (χ2n) is 5.76. The molecule has 0 unspecified atom stereocenters. The molecule has 0 fully saturated rings. The molecular weight excluding hydrogens is 308 g/mol.